The van der Waals surface area contributed by atoms with Crippen molar-refractivity contribution in [1.29, 1.82) is 0 Å². The molecule has 0 radical (unpaired) electrons. The number of nitrogens with zero attached hydrogens (tertiary/aromatic N) is 2. The Labute approximate surface area is 80.5 Å². The van der Waals surface area contributed by atoms with Crippen LogP contribution in [0.2, 0.25) is 0 Å². The van der Waals surface area contributed by atoms with Gasteiger partial charge < -0.3 is 0 Å². The van der Waals surface area contributed by atoms with E-state index in [1.54, 1.807) is 0 Å². The van der Waals surface area contributed by atoms with Crippen molar-refractivity contribution in [2.24, 2.45) is 7.05 Å². The van der Waals surface area contributed by atoms with Crippen molar-refractivity contribution in [3.05, 3.63) is 17.5 Å². The molecule has 0 amide bonds. The molecular weight excluding hydrogens is 226 g/mol. The van der Waals surface area contributed by atoms with Gasteiger partial charge in [0.1, 0.15) is 11.4 Å². The fraction of sp³-hybridized carbons (Fsp3) is 0.571. The number of rotatable bonds is 2. The van der Waals surface area contributed by atoms with Crippen molar-refractivity contribution < 1.29 is 26.3 Å². The van der Waals surface area contributed by atoms with E-state index < -0.39 is 30.2 Å². The van der Waals surface area contributed by atoms with Crippen molar-refractivity contribution in [3.63, 3.8) is 0 Å². The molecule has 15 heavy (non-hydrogen) atoms. The van der Waals surface area contributed by atoms with Gasteiger partial charge in [-0.1, -0.05) is 0 Å². The van der Waals surface area contributed by atoms with Crippen LogP contribution in [0.15, 0.2) is 6.07 Å². The quantitative estimate of drug-likeness (QED) is 0.717. The molecule has 1 atom stereocenters. The maximum absolute atomic E-state index is 12.7. The predicted octanol–water partition coefficient (Wildman–Crippen LogP) is 2.93. The molecule has 0 aliphatic rings. The summed E-state index contributed by atoms with van der Waals surface area (Å²) in [6.45, 7) is 0. The maximum atomic E-state index is 12.7. The molecule has 0 bridgehead atoms. The number of alkyl halides is 6. The third-order valence-electron chi connectivity index (χ3n) is 1.71. The fourth-order valence-electron chi connectivity index (χ4n) is 1.00. The van der Waals surface area contributed by atoms with Gasteiger partial charge in [-0.05, 0) is 6.07 Å². The number of aromatic nitrogens is 2. The van der Waals surface area contributed by atoms with Crippen molar-refractivity contribution in [3.8, 4) is 0 Å². The fourth-order valence-corrected chi connectivity index (χ4v) is 1.00. The van der Waals surface area contributed by atoms with Crippen molar-refractivity contribution >= 4 is 0 Å². The first-order chi connectivity index (χ1) is 6.73. The summed E-state index contributed by atoms with van der Waals surface area (Å²) in [5.74, 6) is 0. The van der Waals surface area contributed by atoms with Gasteiger partial charge in [0, 0.05) is 7.05 Å². The Balaban J connectivity index is 3.03. The molecule has 0 spiro atoms. The lowest BCUT2D eigenvalue weighted by atomic mass is 10.2. The lowest BCUT2D eigenvalue weighted by Gasteiger charge is -2.08. The first-order valence-corrected chi connectivity index (χ1v) is 3.76. The first-order valence-electron chi connectivity index (χ1n) is 3.76. The molecule has 2 nitrogen and oxygen atoms in total. The van der Waals surface area contributed by atoms with Crippen LogP contribution in [0.4, 0.5) is 26.3 Å². The van der Waals surface area contributed by atoms with Crippen LogP contribution in [-0.2, 0) is 7.05 Å². The summed E-state index contributed by atoms with van der Waals surface area (Å²) in [7, 11) is 1.02. The average Bonchev–Trinajstić information content (AvgIpc) is 2.44. The molecule has 0 aliphatic heterocycles. The average molecular weight is 232 g/mol. The second-order valence-corrected chi connectivity index (χ2v) is 2.82. The lowest BCUT2D eigenvalue weighted by molar-refractivity contribution is -0.183. The predicted molar refractivity (Wildman–Crippen MR) is 38.1 cm³/mol. The Kier molecular flexibility index (Phi) is 2.96. The third-order valence-corrected chi connectivity index (χ3v) is 1.71. The van der Waals surface area contributed by atoms with Crippen LogP contribution in [0.5, 0.6) is 0 Å². The van der Waals surface area contributed by atoms with Crippen LogP contribution >= 0.6 is 0 Å². The zero-order chi connectivity index (χ0) is 11.8. The Bertz CT molecular complexity index is 342. The summed E-state index contributed by atoms with van der Waals surface area (Å²) in [5, 5.41) is 3.04. The van der Waals surface area contributed by atoms with Gasteiger partial charge in [-0.25, -0.2) is 13.2 Å². The van der Waals surface area contributed by atoms with E-state index in [0.29, 0.717) is 10.7 Å². The van der Waals surface area contributed by atoms with E-state index in [-0.39, 0.29) is 0 Å². The highest BCUT2D eigenvalue weighted by Crippen LogP contribution is 2.36. The number of hydrogen-bond donors (Lipinski definition) is 0. The highest BCUT2D eigenvalue weighted by Gasteiger charge is 2.43. The van der Waals surface area contributed by atoms with Gasteiger partial charge in [-0.2, -0.15) is 18.3 Å². The van der Waals surface area contributed by atoms with Crippen molar-refractivity contribution in [1.82, 2.24) is 9.78 Å². The van der Waals surface area contributed by atoms with Crippen LogP contribution in [-0.4, -0.2) is 16.0 Å². The second kappa shape index (κ2) is 3.74. The van der Waals surface area contributed by atoms with Gasteiger partial charge in [0.2, 0.25) is 6.17 Å². The van der Waals surface area contributed by atoms with Gasteiger partial charge in [-0.3, -0.25) is 4.68 Å². The Hall–Kier alpha value is -1.21. The van der Waals surface area contributed by atoms with Gasteiger partial charge in [0.05, 0.1) is 0 Å². The van der Waals surface area contributed by atoms with Crippen LogP contribution in [0, 0.1) is 0 Å². The zero-order valence-electron chi connectivity index (χ0n) is 7.39. The summed E-state index contributed by atoms with van der Waals surface area (Å²) >= 11 is 0. The molecule has 86 valence electrons. The SMILES string of the molecule is Cn1nc(C(F)C(F)(F)F)cc1C(F)F. The zero-order valence-corrected chi connectivity index (χ0v) is 7.39. The highest BCUT2D eigenvalue weighted by molar-refractivity contribution is 5.14. The lowest BCUT2D eigenvalue weighted by Crippen LogP contribution is -2.17. The van der Waals surface area contributed by atoms with E-state index in [1.165, 1.54) is 0 Å². The van der Waals surface area contributed by atoms with Crippen molar-refractivity contribution in [2.45, 2.75) is 18.8 Å². The standard InChI is InChI=1S/C7H6F6N2/c1-15-4(6(9)10)2-3(14-15)5(8)7(11,12)13/h2,5-6H,1H3. The Morgan fingerprint density at radius 1 is 1.27 bits per heavy atom. The summed E-state index contributed by atoms with van der Waals surface area (Å²) < 4.78 is 73.0. The maximum Gasteiger partial charge on any atom is 0.425 e. The minimum absolute atomic E-state index is 0.406. The minimum atomic E-state index is -5.13. The van der Waals surface area contributed by atoms with Crippen LogP contribution in [0.25, 0.3) is 0 Å². The number of hydrogen-bond acceptors (Lipinski definition) is 1. The molecule has 0 saturated carbocycles. The normalized spacial score (nSPS) is 14.7. The first kappa shape index (κ1) is 11.9. The van der Waals surface area contributed by atoms with E-state index in [4.69, 9.17) is 0 Å². The van der Waals surface area contributed by atoms with E-state index in [0.717, 1.165) is 7.05 Å². The molecule has 0 aliphatic carbocycles. The second-order valence-electron chi connectivity index (χ2n) is 2.82. The molecule has 1 heterocycles. The topological polar surface area (TPSA) is 17.8 Å². The van der Waals surface area contributed by atoms with E-state index in [9.17, 15) is 26.3 Å². The van der Waals surface area contributed by atoms with Crippen LogP contribution in [0.1, 0.15) is 24.0 Å². The molecule has 1 unspecified atom stereocenters. The van der Waals surface area contributed by atoms with Gasteiger partial charge >= 0.3 is 6.18 Å². The van der Waals surface area contributed by atoms with E-state index in [1.807, 2.05) is 0 Å². The minimum Gasteiger partial charge on any atom is -0.266 e. The molecule has 0 saturated heterocycles. The van der Waals surface area contributed by atoms with Gasteiger partial charge in [0.25, 0.3) is 6.43 Å². The van der Waals surface area contributed by atoms with Crippen LogP contribution in [0.3, 0.4) is 0 Å². The number of aryl methyl sites for hydroxylation is 1. The monoisotopic (exact) mass is 232 g/mol. The van der Waals surface area contributed by atoms with E-state index >= 15 is 0 Å². The molecule has 1 rings (SSSR count). The molecule has 0 N–H and O–H groups in total. The molecule has 0 aromatic carbocycles. The third kappa shape index (κ3) is 2.42. The molecular formula is C7H6F6N2. The number of halogens is 6. The molecule has 1 aromatic heterocycles. The van der Waals surface area contributed by atoms with Crippen molar-refractivity contribution in [2.75, 3.05) is 0 Å². The van der Waals surface area contributed by atoms with Crippen LogP contribution < -0.4 is 0 Å². The van der Waals surface area contributed by atoms with Gasteiger partial charge in [-0.15, -0.1) is 0 Å². The summed E-state index contributed by atoms with van der Waals surface area (Å²) in [6.07, 6.45) is -11.5. The Morgan fingerprint density at radius 3 is 2.13 bits per heavy atom. The summed E-state index contributed by atoms with van der Waals surface area (Å²) in [4.78, 5) is 0. The molecule has 0 fully saturated rings. The Morgan fingerprint density at radius 2 is 1.80 bits per heavy atom. The summed E-state index contributed by atoms with van der Waals surface area (Å²) in [6, 6.07) is 0.406. The molecule has 1 aromatic rings. The smallest absolute Gasteiger partial charge is 0.266 e. The van der Waals surface area contributed by atoms with E-state index in [2.05, 4.69) is 5.10 Å². The highest BCUT2D eigenvalue weighted by atomic mass is 19.4. The largest absolute Gasteiger partial charge is 0.425 e. The summed E-state index contributed by atoms with van der Waals surface area (Å²) in [5.41, 5.74) is -1.81. The van der Waals surface area contributed by atoms with Gasteiger partial charge in [0.15, 0.2) is 0 Å². The molecule has 8 heteroatoms.